The van der Waals surface area contributed by atoms with Crippen LogP contribution in [0.1, 0.15) is 44.0 Å². The van der Waals surface area contributed by atoms with Gasteiger partial charge >= 0.3 is 0 Å². The summed E-state index contributed by atoms with van der Waals surface area (Å²) in [6.07, 6.45) is 7.90. The van der Waals surface area contributed by atoms with Gasteiger partial charge in [0.15, 0.2) is 0 Å². The van der Waals surface area contributed by atoms with Crippen LogP contribution in [0.2, 0.25) is 0 Å². The van der Waals surface area contributed by atoms with E-state index in [0.717, 1.165) is 24.7 Å². The van der Waals surface area contributed by atoms with Gasteiger partial charge in [0.1, 0.15) is 17.8 Å². The van der Waals surface area contributed by atoms with E-state index in [1.54, 1.807) is 0 Å². The molecule has 7 nitrogen and oxygen atoms in total. The summed E-state index contributed by atoms with van der Waals surface area (Å²) in [6.45, 7) is 1.14. The van der Waals surface area contributed by atoms with E-state index in [1.807, 2.05) is 13.1 Å². The number of rotatable bonds is 4. The van der Waals surface area contributed by atoms with Gasteiger partial charge in [-0.05, 0) is 19.3 Å². The maximum atomic E-state index is 5.50. The Morgan fingerprint density at radius 3 is 2.82 bits per heavy atom. The highest BCUT2D eigenvalue weighted by Gasteiger charge is 2.39. The first kappa shape index (κ1) is 13.6. The predicted octanol–water partition coefficient (Wildman–Crippen LogP) is 2.26. The van der Waals surface area contributed by atoms with Gasteiger partial charge in [-0.1, -0.05) is 18.0 Å². The van der Waals surface area contributed by atoms with Gasteiger partial charge in [-0.15, -0.1) is 0 Å². The first-order valence-corrected chi connectivity index (χ1v) is 7.94. The lowest BCUT2D eigenvalue weighted by Gasteiger charge is -2.42. The molecule has 2 fully saturated rings. The topological polar surface area (TPSA) is 80.0 Å². The van der Waals surface area contributed by atoms with Crippen molar-refractivity contribution in [1.29, 1.82) is 0 Å². The van der Waals surface area contributed by atoms with Crippen LogP contribution in [0.4, 0.5) is 5.82 Å². The highest BCUT2D eigenvalue weighted by atomic mass is 16.5. The number of hydrogen-bond donors (Lipinski definition) is 1. The largest absolute Gasteiger partial charge is 0.373 e. The highest BCUT2D eigenvalue weighted by Crippen LogP contribution is 2.39. The Morgan fingerprint density at radius 1 is 1.23 bits per heavy atom. The Hall–Kier alpha value is -2.02. The van der Waals surface area contributed by atoms with Crippen molar-refractivity contribution in [2.45, 2.75) is 44.2 Å². The molecule has 0 spiro atoms. The lowest BCUT2D eigenvalue weighted by atomic mass is 9.98. The molecule has 2 aromatic heterocycles. The van der Waals surface area contributed by atoms with E-state index in [0.29, 0.717) is 17.6 Å². The van der Waals surface area contributed by atoms with Crippen LogP contribution in [0.3, 0.4) is 0 Å². The highest BCUT2D eigenvalue weighted by molar-refractivity contribution is 5.53. The summed E-state index contributed by atoms with van der Waals surface area (Å²) >= 11 is 0. The Morgan fingerprint density at radius 2 is 2.09 bits per heavy atom. The maximum Gasteiger partial charge on any atom is 0.244 e. The number of aromatic nitrogens is 4. The van der Waals surface area contributed by atoms with E-state index in [1.165, 1.54) is 32.0 Å². The molecule has 3 heterocycles. The molecule has 116 valence electrons. The van der Waals surface area contributed by atoms with Crippen molar-refractivity contribution in [3.63, 3.8) is 0 Å². The number of likely N-dealkylation sites (tertiary alicyclic amines) is 1. The molecule has 0 amide bonds. The number of anilines is 1. The van der Waals surface area contributed by atoms with Crippen LogP contribution >= 0.6 is 0 Å². The van der Waals surface area contributed by atoms with Crippen molar-refractivity contribution >= 4 is 5.82 Å². The zero-order valence-electron chi connectivity index (χ0n) is 12.7. The monoisotopic (exact) mass is 300 g/mol. The molecule has 22 heavy (non-hydrogen) atoms. The molecule has 0 aromatic carbocycles. The summed E-state index contributed by atoms with van der Waals surface area (Å²) in [4.78, 5) is 15.4. The average molecular weight is 300 g/mol. The Balaban J connectivity index is 1.53. The van der Waals surface area contributed by atoms with Crippen LogP contribution in [0.25, 0.3) is 11.5 Å². The van der Waals surface area contributed by atoms with Crippen LogP contribution in [-0.2, 0) is 0 Å². The smallest absolute Gasteiger partial charge is 0.244 e. The van der Waals surface area contributed by atoms with Crippen molar-refractivity contribution in [3.8, 4) is 11.5 Å². The van der Waals surface area contributed by atoms with E-state index >= 15 is 0 Å². The maximum absolute atomic E-state index is 5.50. The van der Waals surface area contributed by atoms with E-state index < -0.39 is 0 Å². The Kier molecular flexibility index (Phi) is 3.49. The van der Waals surface area contributed by atoms with Crippen molar-refractivity contribution < 1.29 is 4.52 Å². The van der Waals surface area contributed by atoms with Gasteiger partial charge < -0.3 is 9.84 Å². The molecular weight excluding hydrogens is 280 g/mol. The van der Waals surface area contributed by atoms with E-state index in [9.17, 15) is 0 Å². The summed E-state index contributed by atoms with van der Waals surface area (Å²) < 4.78 is 5.50. The van der Waals surface area contributed by atoms with Crippen LogP contribution in [0.15, 0.2) is 16.9 Å². The SMILES string of the molecule is CNc1cc(-c2noc(C3CCN3C3CCCC3)n2)ncn1. The fraction of sp³-hybridized carbons (Fsp3) is 0.600. The molecule has 2 aliphatic rings. The first-order chi connectivity index (χ1) is 10.8. The zero-order chi connectivity index (χ0) is 14.9. The normalized spacial score (nSPS) is 22.7. The number of hydrogen-bond acceptors (Lipinski definition) is 7. The number of nitrogens with one attached hydrogen (secondary N) is 1. The van der Waals surface area contributed by atoms with Crippen LogP contribution < -0.4 is 5.32 Å². The molecule has 1 aliphatic heterocycles. The second-order valence-electron chi connectivity index (χ2n) is 5.98. The summed E-state index contributed by atoms with van der Waals surface area (Å²) in [7, 11) is 1.82. The molecule has 2 aromatic rings. The third-order valence-electron chi connectivity index (χ3n) is 4.73. The molecule has 1 saturated carbocycles. The summed E-state index contributed by atoms with van der Waals surface area (Å²) in [5, 5.41) is 7.08. The van der Waals surface area contributed by atoms with Gasteiger partial charge in [0.05, 0.1) is 6.04 Å². The van der Waals surface area contributed by atoms with Crippen molar-refractivity contribution in [1.82, 2.24) is 25.0 Å². The number of nitrogens with zero attached hydrogens (tertiary/aromatic N) is 5. The standard InChI is InChI=1S/C15H20N6O/c1-16-13-8-11(17-9-18-13)14-19-15(22-20-14)12-6-7-21(12)10-4-2-3-5-10/h8-10,12H,2-7H2,1H3,(H,16,17,18). The second kappa shape index (κ2) is 5.64. The zero-order valence-corrected chi connectivity index (χ0v) is 12.7. The second-order valence-corrected chi connectivity index (χ2v) is 5.98. The molecule has 1 saturated heterocycles. The lowest BCUT2D eigenvalue weighted by Crippen LogP contribution is -2.46. The van der Waals surface area contributed by atoms with Gasteiger partial charge in [-0.3, -0.25) is 4.90 Å². The minimum atomic E-state index is 0.287. The van der Waals surface area contributed by atoms with Crippen molar-refractivity contribution in [2.75, 3.05) is 18.9 Å². The van der Waals surface area contributed by atoms with E-state index in [2.05, 4.69) is 30.3 Å². The van der Waals surface area contributed by atoms with E-state index in [-0.39, 0.29) is 6.04 Å². The average Bonchev–Trinajstić information content (AvgIpc) is 3.18. The summed E-state index contributed by atoms with van der Waals surface area (Å²) in [5.74, 6) is 2.00. The summed E-state index contributed by atoms with van der Waals surface area (Å²) in [6, 6.07) is 2.81. The third kappa shape index (κ3) is 2.35. The quantitative estimate of drug-likeness (QED) is 0.927. The fourth-order valence-corrected chi connectivity index (χ4v) is 3.44. The van der Waals surface area contributed by atoms with Crippen LogP contribution in [0, 0.1) is 0 Å². The van der Waals surface area contributed by atoms with Gasteiger partial charge in [0, 0.05) is 25.7 Å². The van der Waals surface area contributed by atoms with Gasteiger partial charge in [-0.25, -0.2) is 9.97 Å². The molecule has 1 N–H and O–H groups in total. The van der Waals surface area contributed by atoms with Gasteiger partial charge in [0.2, 0.25) is 11.7 Å². The van der Waals surface area contributed by atoms with Crippen LogP contribution in [-0.4, -0.2) is 44.6 Å². The lowest BCUT2D eigenvalue weighted by molar-refractivity contribution is 0.0224. The first-order valence-electron chi connectivity index (χ1n) is 7.94. The molecule has 1 atom stereocenters. The molecule has 4 rings (SSSR count). The minimum absolute atomic E-state index is 0.287. The third-order valence-corrected chi connectivity index (χ3v) is 4.73. The van der Waals surface area contributed by atoms with Crippen molar-refractivity contribution in [3.05, 3.63) is 18.3 Å². The molecule has 7 heteroatoms. The fourth-order valence-electron chi connectivity index (χ4n) is 3.44. The molecule has 0 bridgehead atoms. The molecule has 1 unspecified atom stereocenters. The van der Waals surface area contributed by atoms with Crippen molar-refractivity contribution in [2.24, 2.45) is 0 Å². The van der Waals surface area contributed by atoms with Gasteiger partial charge in [-0.2, -0.15) is 4.98 Å². The van der Waals surface area contributed by atoms with E-state index in [4.69, 9.17) is 4.52 Å². The van der Waals surface area contributed by atoms with Crippen LogP contribution in [0.5, 0.6) is 0 Å². The van der Waals surface area contributed by atoms with Gasteiger partial charge in [0.25, 0.3) is 0 Å². The molecule has 1 aliphatic carbocycles. The Bertz CT molecular complexity index is 651. The minimum Gasteiger partial charge on any atom is -0.373 e. The predicted molar refractivity (Wildman–Crippen MR) is 81.2 cm³/mol. The molecule has 0 radical (unpaired) electrons. The molecular formula is C15H20N6O. The Labute approximate surface area is 129 Å². The summed E-state index contributed by atoms with van der Waals surface area (Å²) in [5.41, 5.74) is 0.682.